The van der Waals surface area contributed by atoms with Crippen molar-refractivity contribution in [1.82, 2.24) is 5.32 Å². The summed E-state index contributed by atoms with van der Waals surface area (Å²) < 4.78 is 13.1. The van der Waals surface area contributed by atoms with Gasteiger partial charge < -0.3 is 15.7 Å². The highest BCUT2D eigenvalue weighted by Crippen LogP contribution is 2.45. The lowest BCUT2D eigenvalue weighted by atomic mass is 9.83. The predicted molar refractivity (Wildman–Crippen MR) is 59.8 cm³/mol. The van der Waals surface area contributed by atoms with Gasteiger partial charge in [0.15, 0.2) is 0 Å². The Morgan fingerprint density at radius 3 is 2.81 bits per heavy atom. The van der Waals surface area contributed by atoms with Gasteiger partial charge in [0, 0.05) is 11.3 Å². The van der Waals surface area contributed by atoms with Gasteiger partial charge in [-0.05, 0) is 44.1 Å². The van der Waals surface area contributed by atoms with Crippen LogP contribution in [0.25, 0.3) is 0 Å². The largest absolute Gasteiger partial charge is 0.386 e. The summed E-state index contributed by atoms with van der Waals surface area (Å²) >= 11 is 0. The first-order chi connectivity index (χ1) is 7.71. The Hall–Kier alpha value is -1.13. The maximum atomic E-state index is 13.1. The van der Waals surface area contributed by atoms with Gasteiger partial charge >= 0.3 is 0 Å². The molecule has 1 fully saturated rings. The van der Waals surface area contributed by atoms with E-state index in [1.54, 1.807) is 6.07 Å². The second kappa shape index (κ2) is 3.43. The van der Waals surface area contributed by atoms with Crippen LogP contribution in [0.4, 0.5) is 10.1 Å². The van der Waals surface area contributed by atoms with Gasteiger partial charge in [-0.15, -0.1) is 0 Å². The van der Waals surface area contributed by atoms with Crippen LogP contribution in [0.5, 0.6) is 0 Å². The first-order valence-electron chi connectivity index (χ1n) is 5.68. The Kier molecular flexibility index (Phi) is 2.16. The lowest BCUT2D eigenvalue weighted by molar-refractivity contribution is 0.0871. The molecule has 0 aliphatic carbocycles. The summed E-state index contributed by atoms with van der Waals surface area (Å²) in [6.07, 6.45) is 1.13. The molecule has 1 aromatic rings. The Morgan fingerprint density at radius 2 is 2.06 bits per heavy atom. The molecule has 0 amide bonds. The Labute approximate surface area is 93.7 Å². The molecule has 16 heavy (non-hydrogen) atoms. The molecule has 1 spiro atoms. The molecule has 2 heterocycles. The van der Waals surface area contributed by atoms with Gasteiger partial charge in [-0.3, -0.25) is 0 Å². The normalized spacial score (nSPS) is 26.5. The number of hydrogen-bond acceptors (Lipinski definition) is 3. The number of rotatable bonds is 0. The summed E-state index contributed by atoms with van der Waals surface area (Å²) in [6.45, 7) is 1.78. The van der Waals surface area contributed by atoms with Crippen LogP contribution < -0.4 is 10.6 Å². The number of hydrogen-bond donors (Lipinski definition) is 3. The first kappa shape index (κ1) is 10.1. The molecule has 0 radical (unpaired) electrons. The van der Waals surface area contributed by atoms with E-state index in [-0.39, 0.29) is 11.4 Å². The molecule has 1 aromatic carbocycles. The molecule has 86 valence electrons. The topological polar surface area (TPSA) is 44.3 Å². The number of fused-ring (bicyclic) bond motifs is 1. The van der Waals surface area contributed by atoms with Crippen LogP contribution in [0, 0.1) is 5.82 Å². The highest BCUT2D eigenvalue weighted by molar-refractivity contribution is 5.61. The van der Waals surface area contributed by atoms with Gasteiger partial charge in [-0.1, -0.05) is 0 Å². The van der Waals surface area contributed by atoms with Crippen LogP contribution in [-0.2, 0) is 0 Å². The van der Waals surface area contributed by atoms with Crippen LogP contribution >= 0.6 is 0 Å². The van der Waals surface area contributed by atoms with Crippen LogP contribution in [0.15, 0.2) is 18.2 Å². The van der Waals surface area contributed by atoms with Gasteiger partial charge in [0.05, 0.1) is 5.54 Å². The number of halogens is 1. The van der Waals surface area contributed by atoms with Gasteiger partial charge in [0.1, 0.15) is 11.9 Å². The Morgan fingerprint density at radius 1 is 1.31 bits per heavy atom. The van der Waals surface area contributed by atoms with E-state index < -0.39 is 6.10 Å². The highest BCUT2D eigenvalue weighted by atomic mass is 19.1. The number of aliphatic hydroxyl groups is 1. The standard InChI is InChI=1S/C12H15FN2O/c13-8-1-2-10-9(7-8)11(16)12(15-10)3-5-14-6-4-12/h1-2,7,11,14-16H,3-6H2. The molecular formula is C12H15FN2O. The molecule has 3 nitrogen and oxygen atoms in total. The van der Waals surface area contributed by atoms with E-state index in [0.29, 0.717) is 5.56 Å². The molecular weight excluding hydrogens is 207 g/mol. The van der Waals surface area contributed by atoms with Crippen molar-refractivity contribution >= 4 is 5.69 Å². The van der Waals surface area contributed by atoms with Crippen LogP contribution in [-0.4, -0.2) is 23.7 Å². The Balaban J connectivity index is 1.99. The lowest BCUT2D eigenvalue weighted by Crippen LogP contribution is -2.48. The SMILES string of the molecule is OC1c2cc(F)ccc2NC12CCNCC2. The van der Waals surface area contributed by atoms with E-state index >= 15 is 0 Å². The van der Waals surface area contributed by atoms with Gasteiger partial charge in [-0.25, -0.2) is 4.39 Å². The molecule has 1 atom stereocenters. The van der Waals surface area contributed by atoms with E-state index in [1.807, 2.05) is 0 Å². The first-order valence-corrected chi connectivity index (χ1v) is 5.68. The number of benzene rings is 1. The van der Waals surface area contributed by atoms with Crippen LogP contribution in [0.3, 0.4) is 0 Å². The molecule has 2 aliphatic heterocycles. The van der Waals surface area contributed by atoms with E-state index in [9.17, 15) is 9.50 Å². The summed E-state index contributed by atoms with van der Waals surface area (Å²) in [7, 11) is 0. The van der Waals surface area contributed by atoms with Crippen LogP contribution in [0.1, 0.15) is 24.5 Å². The third kappa shape index (κ3) is 1.33. The summed E-state index contributed by atoms with van der Waals surface area (Å²) in [6, 6.07) is 4.58. The van der Waals surface area contributed by atoms with Gasteiger partial charge in [0.25, 0.3) is 0 Å². The number of nitrogens with one attached hydrogen (secondary N) is 2. The van der Waals surface area contributed by atoms with Crippen molar-refractivity contribution < 1.29 is 9.50 Å². The monoisotopic (exact) mass is 222 g/mol. The minimum Gasteiger partial charge on any atom is -0.386 e. The molecule has 2 aliphatic rings. The van der Waals surface area contributed by atoms with Crippen molar-refractivity contribution in [1.29, 1.82) is 0 Å². The minimum atomic E-state index is -0.597. The third-order valence-electron chi connectivity index (χ3n) is 3.71. The van der Waals surface area contributed by atoms with E-state index in [2.05, 4.69) is 10.6 Å². The number of anilines is 1. The second-order valence-electron chi connectivity index (χ2n) is 4.67. The lowest BCUT2D eigenvalue weighted by Gasteiger charge is -2.37. The maximum Gasteiger partial charge on any atom is 0.123 e. The molecule has 0 aromatic heterocycles. The summed E-state index contributed by atoms with van der Waals surface area (Å²) in [5, 5.41) is 17.0. The van der Waals surface area contributed by atoms with Crippen molar-refractivity contribution in [2.75, 3.05) is 18.4 Å². The number of aliphatic hydroxyl groups excluding tert-OH is 1. The van der Waals surface area contributed by atoms with Crippen molar-refractivity contribution in [2.45, 2.75) is 24.5 Å². The van der Waals surface area contributed by atoms with Crippen molar-refractivity contribution in [2.24, 2.45) is 0 Å². The summed E-state index contributed by atoms with van der Waals surface area (Å²) in [5.41, 5.74) is 1.28. The summed E-state index contributed by atoms with van der Waals surface area (Å²) in [4.78, 5) is 0. The zero-order valence-corrected chi connectivity index (χ0v) is 8.96. The Bertz CT molecular complexity index is 415. The summed E-state index contributed by atoms with van der Waals surface area (Å²) in [5.74, 6) is -0.286. The fourth-order valence-corrected chi connectivity index (χ4v) is 2.78. The number of piperidine rings is 1. The molecule has 3 rings (SSSR count). The minimum absolute atomic E-state index is 0.286. The fourth-order valence-electron chi connectivity index (χ4n) is 2.78. The van der Waals surface area contributed by atoms with E-state index in [1.165, 1.54) is 12.1 Å². The quantitative estimate of drug-likeness (QED) is 0.622. The van der Waals surface area contributed by atoms with E-state index in [4.69, 9.17) is 0 Å². The smallest absolute Gasteiger partial charge is 0.123 e. The van der Waals surface area contributed by atoms with Crippen molar-refractivity contribution in [3.05, 3.63) is 29.6 Å². The fraction of sp³-hybridized carbons (Fsp3) is 0.500. The van der Waals surface area contributed by atoms with E-state index in [0.717, 1.165) is 31.6 Å². The van der Waals surface area contributed by atoms with Gasteiger partial charge in [0.2, 0.25) is 0 Å². The predicted octanol–water partition coefficient (Wildman–Crippen LogP) is 1.41. The highest BCUT2D eigenvalue weighted by Gasteiger charge is 2.45. The maximum absolute atomic E-state index is 13.1. The molecule has 0 saturated carbocycles. The molecule has 0 bridgehead atoms. The van der Waals surface area contributed by atoms with Crippen molar-refractivity contribution in [3.8, 4) is 0 Å². The molecule has 1 unspecified atom stereocenters. The zero-order valence-electron chi connectivity index (χ0n) is 8.96. The molecule has 1 saturated heterocycles. The average Bonchev–Trinajstić information content (AvgIpc) is 2.55. The van der Waals surface area contributed by atoms with Crippen molar-refractivity contribution in [3.63, 3.8) is 0 Å². The third-order valence-corrected chi connectivity index (χ3v) is 3.71. The van der Waals surface area contributed by atoms with Crippen LogP contribution in [0.2, 0.25) is 0 Å². The molecule has 4 heteroatoms. The van der Waals surface area contributed by atoms with Gasteiger partial charge in [-0.2, -0.15) is 0 Å². The average molecular weight is 222 g/mol. The zero-order chi connectivity index (χ0) is 11.2. The second-order valence-corrected chi connectivity index (χ2v) is 4.67. The molecule has 3 N–H and O–H groups in total.